The first-order valence-corrected chi connectivity index (χ1v) is 7.27. The fourth-order valence-corrected chi connectivity index (χ4v) is 2.47. The Morgan fingerprint density at radius 2 is 2.14 bits per heavy atom. The molecule has 0 spiro atoms. The molecule has 1 atom stereocenters. The Morgan fingerprint density at radius 3 is 2.77 bits per heavy atom. The van der Waals surface area contributed by atoms with E-state index >= 15 is 0 Å². The van der Waals surface area contributed by atoms with Crippen LogP contribution < -0.4 is 4.90 Å². The molecule has 1 aliphatic heterocycles. The minimum Gasteiger partial charge on any atom is -0.462 e. The van der Waals surface area contributed by atoms with Gasteiger partial charge in [0.25, 0.3) is 0 Å². The fourth-order valence-electron chi connectivity index (χ4n) is 2.25. The molecule has 1 aliphatic rings. The van der Waals surface area contributed by atoms with E-state index in [0.29, 0.717) is 6.42 Å². The molecule has 7 heteroatoms. The maximum Gasteiger partial charge on any atom is 0.339 e. The number of benzene rings is 1. The van der Waals surface area contributed by atoms with Crippen molar-refractivity contribution in [1.29, 1.82) is 0 Å². The lowest BCUT2D eigenvalue weighted by atomic mass is 9.97. The van der Waals surface area contributed by atoms with Gasteiger partial charge in [-0.25, -0.2) is 14.1 Å². The van der Waals surface area contributed by atoms with Crippen LogP contribution in [0.1, 0.15) is 37.0 Å². The van der Waals surface area contributed by atoms with Gasteiger partial charge in [0, 0.05) is 12.3 Å². The number of amides is 2. The molecular formula is C15H15ClFNO4. The Balaban J connectivity index is 2.50. The first-order chi connectivity index (χ1) is 10.4. The van der Waals surface area contributed by atoms with Crippen LogP contribution in [0.25, 0.3) is 0 Å². The number of halogens is 2. The summed E-state index contributed by atoms with van der Waals surface area (Å²) in [6.45, 7) is 3.41. The second-order valence-electron chi connectivity index (χ2n) is 5.01. The molecule has 0 saturated carbocycles. The van der Waals surface area contributed by atoms with Crippen molar-refractivity contribution in [1.82, 2.24) is 0 Å². The fraction of sp³-hybridized carbons (Fsp3) is 0.400. The summed E-state index contributed by atoms with van der Waals surface area (Å²) in [7, 11) is 0. The first-order valence-electron chi connectivity index (χ1n) is 6.89. The third-order valence-corrected chi connectivity index (χ3v) is 3.77. The van der Waals surface area contributed by atoms with Crippen LogP contribution in [0.4, 0.5) is 10.1 Å². The summed E-state index contributed by atoms with van der Waals surface area (Å²) in [4.78, 5) is 36.8. The van der Waals surface area contributed by atoms with Gasteiger partial charge in [0.15, 0.2) is 0 Å². The van der Waals surface area contributed by atoms with Crippen molar-refractivity contribution >= 4 is 35.1 Å². The van der Waals surface area contributed by atoms with Crippen LogP contribution in [0.5, 0.6) is 0 Å². The molecular weight excluding hydrogens is 313 g/mol. The number of ether oxygens (including phenoxy) is 1. The van der Waals surface area contributed by atoms with Crippen LogP contribution in [0.15, 0.2) is 12.1 Å². The maximum atomic E-state index is 14.2. The molecule has 0 N–H and O–H groups in total. The number of imide groups is 1. The molecule has 0 aliphatic carbocycles. The lowest BCUT2D eigenvalue weighted by molar-refractivity contribution is -0.131. The number of rotatable bonds is 3. The second-order valence-corrected chi connectivity index (χ2v) is 5.42. The van der Waals surface area contributed by atoms with Crippen LogP contribution >= 0.6 is 11.6 Å². The average molecular weight is 328 g/mol. The minimum atomic E-state index is -0.839. The Morgan fingerprint density at radius 1 is 1.45 bits per heavy atom. The zero-order valence-corrected chi connectivity index (χ0v) is 12.9. The summed E-state index contributed by atoms with van der Waals surface area (Å²) in [5, 5.41) is -0.135. The first kappa shape index (κ1) is 16.4. The number of carbonyl (C=O) groups excluding carboxylic acids is 3. The minimum absolute atomic E-state index is 0.0845. The number of carbonyl (C=O) groups is 3. The van der Waals surface area contributed by atoms with Crippen molar-refractivity contribution in [2.75, 3.05) is 11.5 Å². The van der Waals surface area contributed by atoms with Gasteiger partial charge in [-0.1, -0.05) is 18.5 Å². The summed E-state index contributed by atoms with van der Waals surface area (Å²) in [6, 6.07) is 1.99. The average Bonchev–Trinajstić information content (AvgIpc) is 2.45. The van der Waals surface area contributed by atoms with Crippen LogP contribution in [-0.4, -0.2) is 24.4 Å². The lowest BCUT2D eigenvalue weighted by Gasteiger charge is -2.29. The van der Waals surface area contributed by atoms with Crippen molar-refractivity contribution in [3.8, 4) is 0 Å². The summed E-state index contributed by atoms with van der Waals surface area (Å²) >= 11 is 5.84. The van der Waals surface area contributed by atoms with E-state index in [1.165, 1.54) is 0 Å². The molecule has 5 nitrogen and oxygen atoms in total. The van der Waals surface area contributed by atoms with Gasteiger partial charge in [-0.2, -0.15) is 0 Å². The molecule has 1 aromatic carbocycles. The number of anilines is 1. The molecule has 1 fully saturated rings. The van der Waals surface area contributed by atoms with Gasteiger partial charge < -0.3 is 4.74 Å². The van der Waals surface area contributed by atoms with Crippen molar-refractivity contribution < 1.29 is 23.5 Å². The van der Waals surface area contributed by atoms with Crippen molar-refractivity contribution in [2.24, 2.45) is 5.92 Å². The maximum absolute atomic E-state index is 14.2. The largest absolute Gasteiger partial charge is 0.462 e. The molecule has 22 heavy (non-hydrogen) atoms. The van der Waals surface area contributed by atoms with E-state index in [2.05, 4.69) is 0 Å². The van der Waals surface area contributed by atoms with Gasteiger partial charge in [0.2, 0.25) is 11.8 Å². The highest BCUT2D eigenvalue weighted by Crippen LogP contribution is 2.31. The zero-order chi connectivity index (χ0) is 16.4. The standard InChI is InChI=1S/C15H15ClFNO4/c1-3-22-15(21)9-6-12(11(17)7-10(9)16)18-13(19)5-4-8(2)14(18)20/h6-8H,3-5H2,1-2H3. The number of hydrogen-bond acceptors (Lipinski definition) is 4. The van der Waals surface area contributed by atoms with Crippen molar-refractivity contribution in [2.45, 2.75) is 26.7 Å². The third kappa shape index (κ3) is 2.97. The third-order valence-electron chi connectivity index (χ3n) is 3.46. The molecule has 1 heterocycles. The molecule has 1 saturated heterocycles. The van der Waals surface area contributed by atoms with Crippen LogP contribution in [0.2, 0.25) is 5.02 Å². The van der Waals surface area contributed by atoms with E-state index in [1.807, 2.05) is 0 Å². The molecule has 2 rings (SSSR count). The quantitative estimate of drug-likeness (QED) is 0.632. The number of esters is 1. The Kier molecular flexibility index (Phi) is 4.81. The van der Waals surface area contributed by atoms with Gasteiger partial charge in [-0.15, -0.1) is 0 Å². The molecule has 1 unspecified atom stereocenters. The van der Waals surface area contributed by atoms with E-state index in [0.717, 1.165) is 17.0 Å². The lowest BCUT2D eigenvalue weighted by Crippen LogP contribution is -2.45. The van der Waals surface area contributed by atoms with E-state index in [9.17, 15) is 18.8 Å². The highest BCUT2D eigenvalue weighted by atomic mass is 35.5. The number of hydrogen-bond donors (Lipinski definition) is 0. The predicted molar refractivity (Wildman–Crippen MR) is 78.3 cm³/mol. The molecule has 1 aromatic rings. The zero-order valence-electron chi connectivity index (χ0n) is 12.2. The van der Waals surface area contributed by atoms with Crippen LogP contribution in [0, 0.1) is 11.7 Å². The number of nitrogens with zero attached hydrogens (tertiary/aromatic N) is 1. The van der Waals surface area contributed by atoms with Gasteiger partial charge in [-0.05, 0) is 25.5 Å². The van der Waals surface area contributed by atoms with Crippen molar-refractivity contribution in [3.63, 3.8) is 0 Å². The topological polar surface area (TPSA) is 63.7 Å². The Hall–Kier alpha value is -1.95. The van der Waals surface area contributed by atoms with E-state index in [1.54, 1.807) is 13.8 Å². The van der Waals surface area contributed by atoms with E-state index in [4.69, 9.17) is 16.3 Å². The highest BCUT2D eigenvalue weighted by Gasteiger charge is 2.35. The highest BCUT2D eigenvalue weighted by molar-refractivity contribution is 6.34. The normalized spacial score (nSPS) is 18.5. The number of piperidine rings is 1. The van der Waals surface area contributed by atoms with Gasteiger partial charge in [-0.3, -0.25) is 9.59 Å². The second kappa shape index (κ2) is 6.44. The monoisotopic (exact) mass is 327 g/mol. The molecule has 0 bridgehead atoms. The smallest absolute Gasteiger partial charge is 0.339 e. The molecule has 0 radical (unpaired) electrons. The SMILES string of the molecule is CCOC(=O)c1cc(N2C(=O)CCC(C)C2=O)c(F)cc1Cl. The Bertz CT molecular complexity index is 647. The van der Waals surface area contributed by atoms with Gasteiger partial charge >= 0.3 is 5.97 Å². The Labute approximate surface area is 132 Å². The van der Waals surface area contributed by atoms with Gasteiger partial charge in [0.1, 0.15) is 5.82 Å². The van der Waals surface area contributed by atoms with Crippen LogP contribution in [0.3, 0.4) is 0 Å². The molecule has 118 valence electrons. The van der Waals surface area contributed by atoms with Crippen LogP contribution in [-0.2, 0) is 14.3 Å². The summed E-state index contributed by atoms with van der Waals surface area (Å²) in [5.74, 6) is -2.96. The molecule has 2 amide bonds. The van der Waals surface area contributed by atoms with E-state index in [-0.39, 0.29) is 35.2 Å². The van der Waals surface area contributed by atoms with Gasteiger partial charge in [0.05, 0.1) is 22.9 Å². The summed E-state index contributed by atoms with van der Waals surface area (Å²) in [6.07, 6.45) is 0.567. The molecule has 0 aromatic heterocycles. The van der Waals surface area contributed by atoms with Crippen molar-refractivity contribution in [3.05, 3.63) is 28.5 Å². The summed E-state index contributed by atoms with van der Waals surface area (Å²) in [5.41, 5.74) is -0.354. The summed E-state index contributed by atoms with van der Waals surface area (Å²) < 4.78 is 19.0. The van der Waals surface area contributed by atoms with E-state index < -0.39 is 23.6 Å². The predicted octanol–water partition coefficient (Wildman–Crippen LogP) is 2.95.